The Kier molecular flexibility index (Phi) is 6.63. The van der Waals surface area contributed by atoms with Gasteiger partial charge >= 0.3 is 0 Å². The first-order valence-electron chi connectivity index (χ1n) is 6.85. The monoisotopic (exact) mass is 285 g/mol. The fourth-order valence-electron chi connectivity index (χ4n) is 2.13. The van der Waals surface area contributed by atoms with Gasteiger partial charge in [-0.25, -0.2) is 0 Å². The zero-order valence-electron chi connectivity index (χ0n) is 11.9. The Morgan fingerprint density at radius 1 is 1.37 bits per heavy atom. The molecule has 0 saturated heterocycles. The van der Waals surface area contributed by atoms with Gasteiger partial charge in [-0.05, 0) is 49.4 Å². The maximum absolute atomic E-state index is 10.0. The predicted molar refractivity (Wildman–Crippen MR) is 79.9 cm³/mol. The van der Waals surface area contributed by atoms with Crippen molar-refractivity contribution in [3.63, 3.8) is 0 Å². The molecule has 0 radical (unpaired) electrons. The van der Waals surface area contributed by atoms with E-state index in [1.54, 1.807) is 0 Å². The lowest BCUT2D eigenvalue weighted by atomic mass is 9.91. The van der Waals surface area contributed by atoms with E-state index < -0.39 is 6.10 Å². The Morgan fingerprint density at radius 2 is 2.05 bits per heavy atom. The van der Waals surface area contributed by atoms with Crippen molar-refractivity contribution < 1.29 is 9.84 Å². The van der Waals surface area contributed by atoms with Crippen molar-refractivity contribution in [1.82, 2.24) is 0 Å². The zero-order valence-corrected chi connectivity index (χ0v) is 12.7. The normalized spacial score (nSPS) is 15.9. The van der Waals surface area contributed by atoms with Crippen LogP contribution in [0, 0.1) is 0 Å². The van der Waals surface area contributed by atoms with Gasteiger partial charge in [0.15, 0.2) is 0 Å². The highest BCUT2D eigenvalue weighted by Crippen LogP contribution is 2.32. The molecule has 0 amide bonds. The van der Waals surface area contributed by atoms with E-state index >= 15 is 0 Å². The molecule has 0 aliphatic rings. The number of nitrogens with two attached hydrogens (primary N) is 1. The molecular weight excluding hydrogens is 262 g/mol. The molecule has 1 aromatic carbocycles. The second-order valence-corrected chi connectivity index (χ2v) is 5.33. The minimum atomic E-state index is -0.506. The second kappa shape index (κ2) is 7.73. The summed E-state index contributed by atoms with van der Waals surface area (Å²) in [5.74, 6) is 0.976. The lowest BCUT2D eigenvalue weighted by Crippen LogP contribution is -2.34. The standard InChI is InChI=1S/C15H24ClNO2/c1-4-13(17)14(18)8-10(3)12-9-11(16)6-7-15(12)19-5-2/h6-7,9-10,13-14,18H,4-5,8,17H2,1-3H3. The minimum absolute atomic E-state index is 0.146. The molecule has 1 aromatic rings. The van der Waals surface area contributed by atoms with Gasteiger partial charge in [-0.3, -0.25) is 0 Å². The number of aliphatic hydroxyl groups excluding tert-OH is 1. The highest BCUT2D eigenvalue weighted by Gasteiger charge is 2.20. The molecule has 0 bridgehead atoms. The molecule has 0 heterocycles. The molecule has 4 heteroatoms. The molecule has 0 spiro atoms. The van der Waals surface area contributed by atoms with E-state index in [-0.39, 0.29) is 12.0 Å². The second-order valence-electron chi connectivity index (χ2n) is 4.89. The zero-order chi connectivity index (χ0) is 14.4. The summed E-state index contributed by atoms with van der Waals surface area (Å²) in [6.07, 6.45) is 0.866. The predicted octanol–water partition coefficient (Wildman–Crippen LogP) is 3.33. The van der Waals surface area contributed by atoms with Crippen LogP contribution in [0.25, 0.3) is 0 Å². The fourth-order valence-corrected chi connectivity index (χ4v) is 2.31. The highest BCUT2D eigenvalue weighted by atomic mass is 35.5. The van der Waals surface area contributed by atoms with E-state index in [9.17, 15) is 5.11 Å². The Balaban J connectivity index is 2.85. The third kappa shape index (κ3) is 4.68. The van der Waals surface area contributed by atoms with Crippen LogP contribution in [0.5, 0.6) is 5.75 Å². The molecule has 3 nitrogen and oxygen atoms in total. The van der Waals surface area contributed by atoms with E-state index in [4.69, 9.17) is 22.1 Å². The molecule has 108 valence electrons. The van der Waals surface area contributed by atoms with E-state index in [0.29, 0.717) is 18.1 Å². The van der Waals surface area contributed by atoms with Crippen LogP contribution in [0.1, 0.15) is 45.1 Å². The largest absolute Gasteiger partial charge is 0.494 e. The summed E-state index contributed by atoms with van der Waals surface area (Å²) in [6.45, 7) is 6.59. The van der Waals surface area contributed by atoms with Gasteiger partial charge in [-0.2, -0.15) is 0 Å². The number of rotatable bonds is 7. The summed E-state index contributed by atoms with van der Waals surface area (Å²) in [4.78, 5) is 0. The minimum Gasteiger partial charge on any atom is -0.494 e. The van der Waals surface area contributed by atoms with Crippen molar-refractivity contribution in [2.75, 3.05) is 6.61 Å². The first kappa shape index (κ1) is 16.3. The smallest absolute Gasteiger partial charge is 0.122 e. The van der Waals surface area contributed by atoms with E-state index in [0.717, 1.165) is 17.7 Å². The highest BCUT2D eigenvalue weighted by molar-refractivity contribution is 6.30. The van der Waals surface area contributed by atoms with Crippen LogP contribution in [0.4, 0.5) is 0 Å². The third-order valence-electron chi connectivity index (χ3n) is 3.36. The summed E-state index contributed by atoms with van der Waals surface area (Å²) in [6, 6.07) is 5.42. The molecule has 0 aliphatic carbocycles. The van der Waals surface area contributed by atoms with E-state index in [2.05, 4.69) is 6.92 Å². The van der Waals surface area contributed by atoms with E-state index in [1.165, 1.54) is 0 Å². The van der Waals surface area contributed by atoms with Crippen molar-refractivity contribution in [3.8, 4) is 5.75 Å². The molecule has 3 N–H and O–H groups in total. The number of benzene rings is 1. The lowest BCUT2D eigenvalue weighted by Gasteiger charge is -2.23. The summed E-state index contributed by atoms with van der Waals surface area (Å²) in [7, 11) is 0. The Labute approximate surface area is 120 Å². The number of halogens is 1. The molecule has 19 heavy (non-hydrogen) atoms. The number of ether oxygens (including phenoxy) is 1. The van der Waals surface area contributed by atoms with Gasteiger partial charge in [0.2, 0.25) is 0 Å². The summed E-state index contributed by atoms with van der Waals surface area (Å²) < 4.78 is 5.61. The van der Waals surface area contributed by atoms with Crippen LogP contribution in [-0.4, -0.2) is 23.9 Å². The van der Waals surface area contributed by atoms with Gasteiger partial charge in [0.25, 0.3) is 0 Å². The van der Waals surface area contributed by atoms with Gasteiger partial charge in [-0.15, -0.1) is 0 Å². The lowest BCUT2D eigenvalue weighted by molar-refractivity contribution is 0.126. The average Bonchev–Trinajstić information content (AvgIpc) is 2.39. The molecule has 0 saturated carbocycles. The molecular formula is C15H24ClNO2. The number of hydrogen-bond donors (Lipinski definition) is 2. The van der Waals surface area contributed by atoms with Crippen molar-refractivity contribution in [1.29, 1.82) is 0 Å². The van der Waals surface area contributed by atoms with Crippen molar-refractivity contribution in [2.24, 2.45) is 5.73 Å². The maximum atomic E-state index is 10.0. The van der Waals surface area contributed by atoms with Gasteiger partial charge < -0.3 is 15.6 Å². The first-order valence-corrected chi connectivity index (χ1v) is 7.23. The fraction of sp³-hybridized carbons (Fsp3) is 0.600. The van der Waals surface area contributed by atoms with Crippen LogP contribution >= 0.6 is 11.6 Å². The Bertz CT molecular complexity index is 398. The summed E-state index contributed by atoms with van der Waals surface area (Å²) in [5.41, 5.74) is 6.89. The Morgan fingerprint density at radius 3 is 2.63 bits per heavy atom. The molecule has 0 aliphatic heterocycles. The summed E-state index contributed by atoms with van der Waals surface area (Å²) >= 11 is 6.04. The average molecular weight is 286 g/mol. The van der Waals surface area contributed by atoms with Crippen LogP contribution in [0.15, 0.2) is 18.2 Å². The topological polar surface area (TPSA) is 55.5 Å². The number of aliphatic hydroxyl groups is 1. The molecule has 0 aromatic heterocycles. The van der Waals surface area contributed by atoms with Crippen LogP contribution in [-0.2, 0) is 0 Å². The van der Waals surface area contributed by atoms with Gasteiger partial charge in [0.05, 0.1) is 12.7 Å². The molecule has 0 fully saturated rings. The maximum Gasteiger partial charge on any atom is 0.122 e. The van der Waals surface area contributed by atoms with Gasteiger partial charge in [0, 0.05) is 11.1 Å². The van der Waals surface area contributed by atoms with E-state index in [1.807, 2.05) is 32.0 Å². The SMILES string of the molecule is CCOc1ccc(Cl)cc1C(C)CC(O)C(N)CC. The van der Waals surface area contributed by atoms with Gasteiger partial charge in [-0.1, -0.05) is 25.4 Å². The quantitative estimate of drug-likeness (QED) is 0.808. The first-order chi connectivity index (χ1) is 8.99. The summed E-state index contributed by atoms with van der Waals surface area (Å²) in [5, 5.41) is 10.7. The van der Waals surface area contributed by atoms with Crippen LogP contribution in [0.3, 0.4) is 0 Å². The van der Waals surface area contributed by atoms with Crippen LogP contribution in [0.2, 0.25) is 5.02 Å². The molecule has 3 unspecified atom stereocenters. The molecule has 1 rings (SSSR count). The van der Waals surface area contributed by atoms with Crippen LogP contribution < -0.4 is 10.5 Å². The van der Waals surface area contributed by atoms with Crippen molar-refractivity contribution in [3.05, 3.63) is 28.8 Å². The van der Waals surface area contributed by atoms with Crippen molar-refractivity contribution >= 4 is 11.6 Å². The molecule has 3 atom stereocenters. The number of hydrogen-bond acceptors (Lipinski definition) is 3. The Hall–Kier alpha value is -0.770. The van der Waals surface area contributed by atoms with Gasteiger partial charge in [0.1, 0.15) is 5.75 Å². The van der Waals surface area contributed by atoms with Crippen molar-refractivity contribution in [2.45, 2.75) is 51.7 Å². The third-order valence-corrected chi connectivity index (χ3v) is 3.60.